The van der Waals surface area contributed by atoms with E-state index in [4.69, 9.17) is 18.0 Å². The number of nitrogens with one attached hydrogen (secondary N) is 2. The van der Waals surface area contributed by atoms with Crippen LogP contribution in [-0.2, 0) is 4.79 Å². The van der Waals surface area contributed by atoms with E-state index in [1.807, 2.05) is 25.1 Å². The number of anilines is 1. The molecule has 4 N–H and O–H groups in total. The Kier molecular flexibility index (Phi) is 6.24. The van der Waals surface area contributed by atoms with Gasteiger partial charge in [-0.3, -0.25) is 4.79 Å². The highest BCUT2D eigenvalue weighted by Crippen LogP contribution is 2.21. The lowest BCUT2D eigenvalue weighted by Gasteiger charge is -2.17. The average Bonchev–Trinajstić information content (AvgIpc) is 2.37. The van der Waals surface area contributed by atoms with E-state index in [1.54, 1.807) is 6.92 Å². The third-order valence-corrected chi connectivity index (χ3v) is 3.27. The summed E-state index contributed by atoms with van der Waals surface area (Å²) in [6, 6.07) is 5.21. The molecule has 0 bridgehead atoms. The molecule has 104 valence electrons. The van der Waals surface area contributed by atoms with Crippen molar-refractivity contribution in [3.8, 4) is 0 Å². The van der Waals surface area contributed by atoms with Gasteiger partial charge in [0.15, 0.2) is 0 Å². The molecule has 1 amide bonds. The molecule has 0 saturated heterocycles. The Morgan fingerprint density at radius 1 is 1.53 bits per heavy atom. The Morgan fingerprint density at radius 2 is 2.21 bits per heavy atom. The maximum Gasteiger partial charge on any atom is 0.242 e. The van der Waals surface area contributed by atoms with Crippen LogP contribution in [0, 0.1) is 0 Å². The first-order valence-electron chi connectivity index (χ1n) is 6.09. The zero-order valence-electron chi connectivity index (χ0n) is 11.0. The van der Waals surface area contributed by atoms with E-state index in [0.29, 0.717) is 11.5 Å². The molecule has 0 radical (unpaired) electrons. The zero-order chi connectivity index (χ0) is 14.4. The molecule has 0 aliphatic rings. The summed E-state index contributed by atoms with van der Waals surface area (Å²) >= 11 is 8.39. The topological polar surface area (TPSA) is 67.2 Å². The Bertz CT molecular complexity index is 479. The quantitative estimate of drug-likeness (QED) is 0.694. The molecular formula is C13H18BrN3OS. The van der Waals surface area contributed by atoms with Gasteiger partial charge in [-0.15, -0.1) is 0 Å². The fourth-order valence-corrected chi connectivity index (χ4v) is 2.08. The first kappa shape index (κ1) is 15.9. The molecule has 1 aromatic rings. The van der Waals surface area contributed by atoms with E-state index in [1.165, 1.54) is 0 Å². The van der Waals surface area contributed by atoms with Crippen molar-refractivity contribution >= 4 is 44.7 Å². The van der Waals surface area contributed by atoms with Crippen LogP contribution in [0.2, 0.25) is 0 Å². The molecule has 1 atom stereocenters. The van der Waals surface area contributed by atoms with Gasteiger partial charge in [0.05, 0.1) is 0 Å². The van der Waals surface area contributed by atoms with E-state index in [2.05, 4.69) is 26.6 Å². The van der Waals surface area contributed by atoms with Crippen LogP contribution >= 0.6 is 28.1 Å². The smallest absolute Gasteiger partial charge is 0.242 e. The number of hydrogen-bond donors (Lipinski definition) is 3. The summed E-state index contributed by atoms with van der Waals surface area (Å²) in [6.45, 7) is 4.49. The van der Waals surface area contributed by atoms with Gasteiger partial charge in [0, 0.05) is 22.3 Å². The lowest BCUT2D eigenvalue weighted by molar-refractivity contribution is -0.121. The Balaban J connectivity index is 2.81. The Labute approximate surface area is 127 Å². The second-order valence-electron chi connectivity index (χ2n) is 4.21. The van der Waals surface area contributed by atoms with Gasteiger partial charge >= 0.3 is 0 Å². The van der Waals surface area contributed by atoms with Gasteiger partial charge in [0.2, 0.25) is 5.91 Å². The van der Waals surface area contributed by atoms with Crippen LogP contribution in [0.4, 0.5) is 5.69 Å². The van der Waals surface area contributed by atoms with Gasteiger partial charge in [0.1, 0.15) is 11.0 Å². The third kappa shape index (κ3) is 4.80. The highest BCUT2D eigenvalue weighted by molar-refractivity contribution is 9.10. The van der Waals surface area contributed by atoms with E-state index in [9.17, 15) is 4.79 Å². The fourth-order valence-electron chi connectivity index (χ4n) is 1.55. The van der Waals surface area contributed by atoms with Crippen molar-refractivity contribution in [2.24, 2.45) is 5.73 Å². The fraction of sp³-hybridized carbons (Fsp3) is 0.385. The zero-order valence-corrected chi connectivity index (χ0v) is 13.4. The molecule has 0 spiro atoms. The third-order valence-electron chi connectivity index (χ3n) is 2.56. The van der Waals surface area contributed by atoms with Crippen molar-refractivity contribution in [3.63, 3.8) is 0 Å². The molecule has 1 unspecified atom stereocenters. The van der Waals surface area contributed by atoms with Gasteiger partial charge < -0.3 is 16.4 Å². The summed E-state index contributed by atoms with van der Waals surface area (Å²) in [5.41, 5.74) is 7.17. The van der Waals surface area contributed by atoms with E-state index in [-0.39, 0.29) is 11.9 Å². The van der Waals surface area contributed by atoms with E-state index >= 15 is 0 Å². The number of carbonyl (C=O) groups is 1. The molecule has 0 saturated carbocycles. The molecule has 0 aromatic heterocycles. The van der Waals surface area contributed by atoms with Gasteiger partial charge in [-0.1, -0.05) is 35.1 Å². The van der Waals surface area contributed by atoms with Crippen molar-refractivity contribution in [2.45, 2.75) is 26.3 Å². The minimum Gasteiger partial charge on any atom is -0.389 e. The van der Waals surface area contributed by atoms with Crippen LogP contribution in [0.15, 0.2) is 22.7 Å². The number of hydrogen-bond acceptors (Lipinski definition) is 3. The lowest BCUT2D eigenvalue weighted by Crippen LogP contribution is -2.38. The number of thiocarbonyl (C=S) groups is 1. The SMILES string of the molecule is CCCNC(=O)C(C)Nc1ccc(Br)cc1C(N)=S. The molecule has 1 aromatic carbocycles. The standard InChI is InChI=1S/C13H18BrN3OS/c1-3-6-16-13(18)8(2)17-11-5-4-9(14)7-10(11)12(15)19/h4-5,7-8,17H,3,6H2,1-2H3,(H2,15,19)(H,16,18). The second kappa shape index (κ2) is 7.45. The molecule has 1 rings (SSSR count). The van der Waals surface area contributed by atoms with Crippen LogP contribution < -0.4 is 16.4 Å². The number of nitrogens with two attached hydrogens (primary N) is 1. The maximum absolute atomic E-state index is 11.8. The molecule has 0 aliphatic carbocycles. The van der Waals surface area contributed by atoms with Gasteiger partial charge in [-0.2, -0.15) is 0 Å². The summed E-state index contributed by atoms with van der Waals surface area (Å²) in [5.74, 6) is -0.0429. The number of amides is 1. The van der Waals surface area contributed by atoms with Crippen LogP contribution in [-0.4, -0.2) is 23.5 Å². The molecular weight excluding hydrogens is 326 g/mol. The maximum atomic E-state index is 11.8. The second-order valence-corrected chi connectivity index (χ2v) is 5.57. The minimum absolute atomic E-state index is 0.0429. The molecule has 4 nitrogen and oxygen atoms in total. The van der Waals surface area contributed by atoms with Gasteiger partial charge in [0.25, 0.3) is 0 Å². The summed E-state index contributed by atoms with van der Waals surface area (Å²) in [4.78, 5) is 12.1. The monoisotopic (exact) mass is 343 g/mol. The summed E-state index contributed by atoms with van der Waals surface area (Å²) in [5, 5.41) is 5.96. The molecule has 0 heterocycles. The number of benzene rings is 1. The number of rotatable bonds is 6. The predicted octanol–water partition coefficient (Wildman–Crippen LogP) is 2.41. The Morgan fingerprint density at radius 3 is 2.79 bits per heavy atom. The van der Waals surface area contributed by atoms with Crippen LogP contribution in [0.3, 0.4) is 0 Å². The molecule has 0 fully saturated rings. The van der Waals surface area contributed by atoms with Crippen molar-refractivity contribution in [3.05, 3.63) is 28.2 Å². The largest absolute Gasteiger partial charge is 0.389 e. The predicted molar refractivity (Wildman–Crippen MR) is 86.4 cm³/mol. The minimum atomic E-state index is -0.346. The summed E-state index contributed by atoms with van der Waals surface area (Å²) in [6.07, 6.45) is 0.912. The van der Waals surface area contributed by atoms with Crippen molar-refractivity contribution < 1.29 is 4.79 Å². The molecule has 6 heteroatoms. The Hall–Kier alpha value is -1.14. The molecule has 0 aliphatic heterocycles. The molecule has 19 heavy (non-hydrogen) atoms. The van der Waals surface area contributed by atoms with Crippen LogP contribution in [0.25, 0.3) is 0 Å². The summed E-state index contributed by atoms with van der Waals surface area (Å²) < 4.78 is 0.893. The number of carbonyl (C=O) groups excluding carboxylic acids is 1. The van der Waals surface area contributed by atoms with Crippen molar-refractivity contribution in [2.75, 3.05) is 11.9 Å². The summed E-state index contributed by atoms with van der Waals surface area (Å²) in [7, 11) is 0. The highest BCUT2D eigenvalue weighted by Gasteiger charge is 2.14. The van der Waals surface area contributed by atoms with E-state index in [0.717, 1.165) is 22.1 Å². The lowest BCUT2D eigenvalue weighted by atomic mass is 10.1. The van der Waals surface area contributed by atoms with Crippen LogP contribution in [0.1, 0.15) is 25.8 Å². The van der Waals surface area contributed by atoms with Crippen molar-refractivity contribution in [1.82, 2.24) is 5.32 Å². The average molecular weight is 344 g/mol. The first-order chi connectivity index (χ1) is 8.95. The highest BCUT2D eigenvalue weighted by atomic mass is 79.9. The van der Waals surface area contributed by atoms with Gasteiger partial charge in [-0.25, -0.2) is 0 Å². The van der Waals surface area contributed by atoms with Crippen LogP contribution in [0.5, 0.6) is 0 Å². The number of halogens is 1. The van der Waals surface area contributed by atoms with Gasteiger partial charge in [-0.05, 0) is 31.5 Å². The van der Waals surface area contributed by atoms with Crippen molar-refractivity contribution in [1.29, 1.82) is 0 Å². The van der Waals surface area contributed by atoms with E-state index < -0.39 is 0 Å². The first-order valence-corrected chi connectivity index (χ1v) is 7.29. The normalized spacial score (nSPS) is 11.7.